The van der Waals surface area contributed by atoms with E-state index in [2.05, 4.69) is 5.32 Å². The van der Waals surface area contributed by atoms with Gasteiger partial charge in [0.25, 0.3) is 6.47 Å². The number of fused-ring (bicyclic) bond motifs is 2. The predicted molar refractivity (Wildman–Crippen MR) is 100 cm³/mol. The van der Waals surface area contributed by atoms with Gasteiger partial charge in [-0.1, -0.05) is 0 Å². The van der Waals surface area contributed by atoms with E-state index in [1.165, 1.54) is 0 Å². The van der Waals surface area contributed by atoms with Crippen molar-refractivity contribution in [2.45, 2.75) is 11.3 Å². The van der Waals surface area contributed by atoms with E-state index < -0.39 is 15.1 Å². The van der Waals surface area contributed by atoms with Crippen molar-refractivity contribution in [3.63, 3.8) is 0 Å². The number of carbonyl (C=O) groups is 2. The molecule has 0 spiro atoms. The molecule has 2 fully saturated rings. The first-order valence-corrected chi connectivity index (χ1v) is 10.4. The predicted octanol–water partition coefficient (Wildman–Crippen LogP) is 0.307. The molecule has 0 aromatic heterocycles. The largest absolute Gasteiger partial charge is 0.483 e. The van der Waals surface area contributed by atoms with E-state index in [1.807, 2.05) is 19.0 Å². The van der Waals surface area contributed by atoms with Gasteiger partial charge in [0.2, 0.25) is 6.79 Å². The monoisotopic (exact) mass is 413 g/mol. The number of sulfone groups is 1. The van der Waals surface area contributed by atoms with Crippen LogP contribution in [0.5, 0.6) is 11.5 Å². The van der Waals surface area contributed by atoms with E-state index in [4.69, 9.17) is 19.4 Å². The van der Waals surface area contributed by atoms with E-state index in [0.29, 0.717) is 23.7 Å². The number of likely N-dealkylation sites (tertiary alicyclic amines) is 1. The quantitative estimate of drug-likeness (QED) is 0.664. The maximum absolute atomic E-state index is 12.6. The summed E-state index contributed by atoms with van der Waals surface area (Å²) in [7, 11) is 0.608. The third-order valence-electron chi connectivity index (χ3n) is 5.24. The number of hydrogen-bond donors (Lipinski definition) is 2. The molecule has 3 aliphatic rings. The number of anilines is 1. The standard InChI is InChI=1S/C16H21N3O5S.CH2O2/c1-18(2)12-8-25(21,22)15-7-19(6-11(12)15)16(20)17-10-3-4-13-14(5-10)24-9-23-13;2-1-3/h3-5,11-12,15H,6-9H2,1-2H3,(H,17,20);1H,(H,2,3)/t11-,12+,15-;/m0./s1. The Morgan fingerprint density at radius 2 is 1.96 bits per heavy atom. The average Bonchev–Trinajstić information content (AvgIpc) is 3.31. The Labute approximate surface area is 162 Å². The summed E-state index contributed by atoms with van der Waals surface area (Å²) in [4.78, 5) is 24.5. The highest BCUT2D eigenvalue weighted by atomic mass is 32.2. The van der Waals surface area contributed by atoms with Crippen LogP contribution < -0.4 is 14.8 Å². The lowest BCUT2D eigenvalue weighted by Gasteiger charge is -2.25. The van der Waals surface area contributed by atoms with Crippen LogP contribution in [-0.4, -0.2) is 86.8 Å². The molecule has 0 radical (unpaired) electrons. The molecule has 10 nitrogen and oxygen atoms in total. The van der Waals surface area contributed by atoms with Gasteiger partial charge in [0.1, 0.15) is 0 Å². The molecule has 2 N–H and O–H groups in total. The third-order valence-corrected chi connectivity index (χ3v) is 7.47. The van der Waals surface area contributed by atoms with Crippen LogP contribution in [0.25, 0.3) is 0 Å². The van der Waals surface area contributed by atoms with Crippen molar-refractivity contribution in [1.29, 1.82) is 0 Å². The van der Waals surface area contributed by atoms with Crippen LogP contribution in [0.1, 0.15) is 0 Å². The smallest absolute Gasteiger partial charge is 0.321 e. The third kappa shape index (κ3) is 3.85. The van der Waals surface area contributed by atoms with Gasteiger partial charge in [-0.3, -0.25) is 4.79 Å². The Morgan fingerprint density at radius 1 is 1.29 bits per heavy atom. The van der Waals surface area contributed by atoms with Crippen molar-refractivity contribution in [3.8, 4) is 11.5 Å². The summed E-state index contributed by atoms with van der Waals surface area (Å²) in [5.74, 6) is 1.37. The molecule has 1 aromatic carbocycles. The van der Waals surface area contributed by atoms with Crippen LogP contribution in [0.2, 0.25) is 0 Å². The number of hydrogen-bond acceptors (Lipinski definition) is 7. The fraction of sp³-hybridized carbons (Fsp3) is 0.529. The van der Waals surface area contributed by atoms with Gasteiger partial charge in [-0.2, -0.15) is 0 Å². The number of urea groups is 1. The number of nitrogens with one attached hydrogen (secondary N) is 1. The zero-order valence-electron chi connectivity index (χ0n) is 15.6. The van der Waals surface area contributed by atoms with E-state index in [0.717, 1.165) is 0 Å². The lowest BCUT2D eigenvalue weighted by molar-refractivity contribution is -0.122. The topological polar surface area (TPSA) is 125 Å². The van der Waals surface area contributed by atoms with Crippen molar-refractivity contribution in [3.05, 3.63) is 18.2 Å². The highest BCUT2D eigenvalue weighted by Gasteiger charge is 2.53. The molecule has 3 atom stereocenters. The molecule has 0 bridgehead atoms. The minimum atomic E-state index is -3.17. The van der Waals surface area contributed by atoms with Gasteiger partial charge < -0.3 is 29.7 Å². The Kier molecular flexibility index (Phi) is 5.66. The van der Waals surface area contributed by atoms with E-state index in [9.17, 15) is 13.2 Å². The minimum Gasteiger partial charge on any atom is -0.483 e. The Hall–Kier alpha value is -2.53. The normalized spacial score (nSPS) is 26.4. The van der Waals surface area contributed by atoms with Crippen molar-refractivity contribution < 1.29 is 32.6 Å². The van der Waals surface area contributed by atoms with Crippen LogP contribution in [0.3, 0.4) is 0 Å². The number of rotatable bonds is 2. The zero-order valence-corrected chi connectivity index (χ0v) is 16.4. The minimum absolute atomic E-state index is 0.0393. The number of carbonyl (C=O) groups excluding carboxylic acids is 1. The fourth-order valence-electron chi connectivity index (χ4n) is 3.91. The number of carboxylic acid groups (broad SMARTS) is 1. The molecule has 154 valence electrons. The second-order valence-electron chi connectivity index (χ2n) is 7.07. The highest BCUT2D eigenvalue weighted by molar-refractivity contribution is 7.92. The molecule has 28 heavy (non-hydrogen) atoms. The van der Waals surface area contributed by atoms with Gasteiger partial charge >= 0.3 is 6.03 Å². The molecular weight excluding hydrogens is 390 g/mol. The molecule has 0 aliphatic carbocycles. The molecule has 1 aromatic rings. The Morgan fingerprint density at radius 3 is 2.64 bits per heavy atom. The van der Waals surface area contributed by atoms with Gasteiger partial charge in [0.05, 0.1) is 11.0 Å². The van der Waals surface area contributed by atoms with Crippen molar-refractivity contribution >= 4 is 28.0 Å². The highest BCUT2D eigenvalue weighted by Crippen LogP contribution is 2.37. The fourth-order valence-corrected chi connectivity index (χ4v) is 6.38. The maximum Gasteiger partial charge on any atom is 0.321 e. The first kappa shape index (κ1) is 20.2. The number of amides is 2. The van der Waals surface area contributed by atoms with E-state index in [-0.39, 0.29) is 43.6 Å². The molecule has 3 heterocycles. The van der Waals surface area contributed by atoms with Crippen LogP contribution in [0.15, 0.2) is 18.2 Å². The van der Waals surface area contributed by atoms with Crippen LogP contribution >= 0.6 is 0 Å². The number of benzene rings is 1. The SMILES string of the molecule is CN(C)[C@@H]1CS(=O)(=O)[C@H]2CN(C(=O)Nc3ccc4c(c3)OCO4)C[C@@H]12.O=CO. The van der Waals surface area contributed by atoms with Crippen LogP contribution in [0, 0.1) is 5.92 Å². The lowest BCUT2D eigenvalue weighted by Crippen LogP contribution is -2.39. The summed E-state index contributed by atoms with van der Waals surface area (Å²) in [5.41, 5.74) is 0.596. The molecule has 2 amide bonds. The zero-order chi connectivity index (χ0) is 20.5. The van der Waals surface area contributed by atoms with Gasteiger partial charge in [-0.15, -0.1) is 0 Å². The van der Waals surface area contributed by atoms with Crippen molar-refractivity contribution in [2.75, 3.05) is 45.0 Å². The van der Waals surface area contributed by atoms with Crippen molar-refractivity contribution in [2.24, 2.45) is 5.92 Å². The van der Waals surface area contributed by atoms with Gasteiger partial charge in [-0.25, -0.2) is 13.2 Å². The van der Waals surface area contributed by atoms with Gasteiger partial charge in [0, 0.05) is 36.8 Å². The van der Waals surface area contributed by atoms with E-state index >= 15 is 0 Å². The number of nitrogens with zero attached hydrogens (tertiary/aromatic N) is 2. The molecule has 11 heteroatoms. The average molecular weight is 413 g/mol. The van der Waals surface area contributed by atoms with Crippen LogP contribution in [-0.2, 0) is 14.6 Å². The van der Waals surface area contributed by atoms with Gasteiger partial charge in [-0.05, 0) is 26.2 Å². The maximum atomic E-state index is 12.6. The summed E-state index contributed by atoms with van der Waals surface area (Å²) in [5, 5.41) is 9.24. The first-order chi connectivity index (χ1) is 13.3. The second-order valence-corrected chi connectivity index (χ2v) is 9.34. The van der Waals surface area contributed by atoms with Crippen LogP contribution in [0.4, 0.5) is 10.5 Å². The van der Waals surface area contributed by atoms with Gasteiger partial charge in [0.15, 0.2) is 21.3 Å². The molecule has 4 rings (SSSR count). The molecule has 0 unspecified atom stereocenters. The summed E-state index contributed by atoms with van der Waals surface area (Å²) < 4.78 is 35.3. The summed E-state index contributed by atoms with van der Waals surface area (Å²) in [6.07, 6.45) is 0. The molecule has 2 saturated heterocycles. The van der Waals surface area contributed by atoms with Crippen molar-refractivity contribution in [1.82, 2.24) is 9.80 Å². The molecule has 0 saturated carbocycles. The summed E-state index contributed by atoms with van der Waals surface area (Å²) in [6.45, 7) is 0.614. The summed E-state index contributed by atoms with van der Waals surface area (Å²) in [6, 6.07) is 4.85. The first-order valence-electron chi connectivity index (χ1n) is 8.68. The Bertz CT molecular complexity index is 858. The molecule has 3 aliphatic heterocycles. The molecular formula is C17H23N3O7S. The summed E-state index contributed by atoms with van der Waals surface area (Å²) >= 11 is 0. The lowest BCUT2D eigenvalue weighted by atomic mass is 10.00. The number of ether oxygens (including phenoxy) is 2. The Balaban J connectivity index is 0.000000706. The second kappa shape index (κ2) is 7.84. The van der Waals surface area contributed by atoms with E-state index in [1.54, 1.807) is 23.1 Å².